The highest BCUT2D eigenvalue weighted by Crippen LogP contribution is 2.33. The molecule has 2 rings (SSSR count). The molecule has 0 bridgehead atoms. The fourth-order valence-corrected chi connectivity index (χ4v) is 3.42. The Hall–Kier alpha value is -1.07. The Bertz CT molecular complexity index is 548. The summed E-state index contributed by atoms with van der Waals surface area (Å²) in [5.41, 5.74) is 2.24. The van der Waals surface area contributed by atoms with Crippen LogP contribution < -0.4 is 0 Å². The van der Waals surface area contributed by atoms with Crippen LogP contribution in [-0.2, 0) is 4.79 Å². The molecule has 0 aliphatic carbocycles. The summed E-state index contributed by atoms with van der Waals surface area (Å²) < 4.78 is 1.96. The summed E-state index contributed by atoms with van der Waals surface area (Å²) >= 11 is 2.84. The largest absolute Gasteiger partial charge is 0.481 e. The summed E-state index contributed by atoms with van der Waals surface area (Å²) in [5, 5.41) is 8.65. The van der Waals surface area contributed by atoms with Gasteiger partial charge in [-0.2, -0.15) is 0 Å². The highest BCUT2D eigenvalue weighted by molar-refractivity contribution is 8.01. The van der Waals surface area contributed by atoms with Crippen molar-refractivity contribution in [2.24, 2.45) is 0 Å². The van der Waals surface area contributed by atoms with Crippen LogP contribution in [0.15, 0.2) is 22.5 Å². The summed E-state index contributed by atoms with van der Waals surface area (Å²) in [6.45, 7) is 4.27. The number of aliphatic carboxylic acids is 1. The van der Waals surface area contributed by atoms with Crippen molar-refractivity contribution in [2.75, 3.05) is 5.75 Å². The van der Waals surface area contributed by atoms with E-state index in [-0.39, 0.29) is 5.75 Å². The molecule has 0 aliphatic rings. The van der Waals surface area contributed by atoms with Gasteiger partial charge in [0.05, 0.1) is 16.0 Å². The summed E-state index contributed by atoms with van der Waals surface area (Å²) in [5.74, 6) is -0.312. The van der Waals surface area contributed by atoms with Crippen LogP contribution in [0.3, 0.4) is 0 Å². The van der Waals surface area contributed by atoms with Crippen LogP contribution in [-0.4, -0.2) is 21.8 Å². The third-order valence-electron chi connectivity index (χ3n) is 2.37. The van der Waals surface area contributed by atoms with Gasteiger partial charge in [-0.25, -0.2) is 4.98 Å². The second-order valence-electron chi connectivity index (χ2n) is 4.01. The Morgan fingerprint density at radius 2 is 2.29 bits per heavy atom. The third kappa shape index (κ3) is 2.79. The lowest BCUT2D eigenvalue weighted by Gasteiger charge is -2.04. The number of fused-ring (bicyclic) bond motifs is 1. The molecule has 0 saturated carbocycles. The molecule has 5 heteroatoms. The van der Waals surface area contributed by atoms with Gasteiger partial charge in [0.25, 0.3) is 0 Å². The van der Waals surface area contributed by atoms with Crippen molar-refractivity contribution in [3.8, 4) is 0 Å². The number of hydrogen-bond acceptors (Lipinski definition) is 4. The molecular formula is C12H13NO2S2. The van der Waals surface area contributed by atoms with Gasteiger partial charge in [-0.15, -0.1) is 11.3 Å². The van der Waals surface area contributed by atoms with Gasteiger partial charge in [0.1, 0.15) is 0 Å². The molecule has 2 aromatic rings. The second kappa shape index (κ2) is 5.06. The molecule has 0 amide bonds. The van der Waals surface area contributed by atoms with E-state index < -0.39 is 5.97 Å². The number of benzene rings is 1. The van der Waals surface area contributed by atoms with Crippen LogP contribution in [0.5, 0.6) is 0 Å². The zero-order valence-corrected chi connectivity index (χ0v) is 11.3. The molecule has 90 valence electrons. The predicted octanol–water partition coefficient (Wildman–Crippen LogP) is 3.60. The number of hydrogen-bond donors (Lipinski definition) is 1. The molecule has 0 atom stereocenters. The lowest BCUT2D eigenvalue weighted by molar-refractivity contribution is -0.133. The average molecular weight is 267 g/mol. The maximum Gasteiger partial charge on any atom is 0.313 e. The minimum Gasteiger partial charge on any atom is -0.481 e. The summed E-state index contributed by atoms with van der Waals surface area (Å²) in [4.78, 5) is 15.0. The molecule has 1 aromatic carbocycles. The zero-order chi connectivity index (χ0) is 12.4. The van der Waals surface area contributed by atoms with Crippen molar-refractivity contribution < 1.29 is 9.90 Å². The SMILES string of the molecule is CC(C)c1cccc2sc(SCC(=O)O)nc12. The van der Waals surface area contributed by atoms with E-state index in [9.17, 15) is 4.79 Å². The predicted molar refractivity (Wildman–Crippen MR) is 72.1 cm³/mol. The van der Waals surface area contributed by atoms with E-state index in [0.717, 1.165) is 14.6 Å². The van der Waals surface area contributed by atoms with Gasteiger partial charge in [0.2, 0.25) is 0 Å². The normalized spacial score (nSPS) is 11.2. The van der Waals surface area contributed by atoms with E-state index in [4.69, 9.17) is 5.11 Å². The molecule has 1 aromatic heterocycles. The Morgan fingerprint density at radius 3 is 2.94 bits per heavy atom. The van der Waals surface area contributed by atoms with Crippen LogP contribution in [0.1, 0.15) is 25.3 Å². The maximum absolute atomic E-state index is 10.5. The molecule has 3 nitrogen and oxygen atoms in total. The molecule has 1 heterocycles. The quantitative estimate of drug-likeness (QED) is 0.860. The number of nitrogens with zero attached hydrogens (tertiary/aromatic N) is 1. The number of carbonyl (C=O) groups is 1. The molecule has 0 radical (unpaired) electrons. The molecule has 0 unspecified atom stereocenters. The number of aromatic nitrogens is 1. The van der Waals surface area contributed by atoms with Gasteiger partial charge in [-0.1, -0.05) is 37.7 Å². The van der Waals surface area contributed by atoms with Crippen LogP contribution in [0.2, 0.25) is 0 Å². The summed E-state index contributed by atoms with van der Waals surface area (Å²) in [6.07, 6.45) is 0. The molecule has 0 aliphatic heterocycles. The Balaban J connectivity index is 2.36. The van der Waals surface area contributed by atoms with Gasteiger partial charge >= 0.3 is 5.97 Å². The van der Waals surface area contributed by atoms with Crippen molar-refractivity contribution >= 4 is 39.3 Å². The molecule has 17 heavy (non-hydrogen) atoms. The van der Waals surface area contributed by atoms with Crippen molar-refractivity contribution in [2.45, 2.75) is 24.1 Å². The zero-order valence-electron chi connectivity index (χ0n) is 9.64. The van der Waals surface area contributed by atoms with Gasteiger partial charge < -0.3 is 5.11 Å². The standard InChI is InChI=1S/C12H13NO2S2/c1-7(2)8-4-3-5-9-11(8)13-12(17-9)16-6-10(14)15/h3-5,7H,6H2,1-2H3,(H,14,15). The fraction of sp³-hybridized carbons (Fsp3) is 0.333. The number of rotatable bonds is 4. The topological polar surface area (TPSA) is 50.2 Å². The third-order valence-corrected chi connectivity index (χ3v) is 4.52. The first-order valence-corrected chi connectivity index (χ1v) is 7.12. The first-order chi connectivity index (χ1) is 8.08. The van der Waals surface area contributed by atoms with Gasteiger partial charge in [0, 0.05) is 0 Å². The monoisotopic (exact) mass is 267 g/mol. The lowest BCUT2D eigenvalue weighted by atomic mass is 10.0. The number of carboxylic acids is 1. The van der Waals surface area contributed by atoms with Crippen molar-refractivity contribution in [1.82, 2.24) is 4.98 Å². The Labute approximate surface area is 108 Å². The highest BCUT2D eigenvalue weighted by atomic mass is 32.2. The first-order valence-electron chi connectivity index (χ1n) is 5.32. The smallest absolute Gasteiger partial charge is 0.313 e. The van der Waals surface area contributed by atoms with Crippen LogP contribution >= 0.6 is 23.1 Å². The molecular weight excluding hydrogens is 254 g/mol. The summed E-state index contributed by atoms with van der Waals surface area (Å²) in [7, 11) is 0. The van der Waals surface area contributed by atoms with Gasteiger partial charge in [-0.3, -0.25) is 4.79 Å². The summed E-state index contributed by atoms with van der Waals surface area (Å²) in [6, 6.07) is 6.14. The lowest BCUT2D eigenvalue weighted by Crippen LogP contribution is -1.97. The van der Waals surface area contributed by atoms with Crippen LogP contribution in [0.4, 0.5) is 0 Å². The van der Waals surface area contributed by atoms with E-state index in [1.165, 1.54) is 17.3 Å². The number of para-hydroxylation sites is 1. The van der Waals surface area contributed by atoms with E-state index in [1.807, 2.05) is 12.1 Å². The Kier molecular flexibility index (Phi) is 3.69. The van der Waals surface area contributed by atoms with Crippen molar-refractivity contribution in [3.05, 3.63) is 23.8 Å². The highest BCUT2D eigenvalue weighted by Gasteiger charge is 2.11. The molecule has 1 N–H and O–H groups in total. The minimum absolute atomic E-state index is 0.0663. The molecule has 0 saturated heterocycles. The van der Waals surface area contributed by atoms with E-state index in [0.29, 0.717) is 5.92 Å². The van der Waals surface area contributed by atoms with Crippen molar-refractivity contribution in [1.29, 1.82) is 0 Å². The van der Waals surface area contributed by atoms with E-state index in [2.05, 4.69) is 24.9 Å². The molecule has 0 spiro atoms. The van der Waals surface area contributed by atoms with Crippen molar-refractivity contribution in [3.63, 3.8) is 0 Å². The number of thiazole rings is 1. The van der Waals surface area contributed by atoms with E-state index >= 15 is 0 Å². The van der Waals surface area contributed by atoms with Gasteiger partial charge in [0.15, 0.2) is 4.34 Å². The maximum atomic E-state index is 10.5. The first kappa shape index (κ1) is 12.4. The molecule has 0 fully saturated rings. The minimum atomic E-state index is -0.807. The van der Waals surface area contributed by atoms with E-state index in [1.54, 1.807) is 11.3 Å². The van der Waals surface area contributed by atoms with Crippen LogP contribution in [0.25, 0.3) is 10.2 Å². The average Bonchev–Trinajstić information content (AvgIpc) is 2.68. The number of carboxylic acid groups (broad SMARTS) is 1. The Morgan fingerprint density at radius 1 is 1.53 bits per heavy atom. The number of thioether (sulfide) groups is 1. The second-order valence-corrected chi connectivity index (χ2v) is 6.26. The van der Waals surface area contributed by atoms with Gasteiger partial charge in [-0.05, 0) is 17.5 Å². The fourth-order valence-electron chi connectivity index (χ4n) is 1.60. The van der Waals surface area contributed by atoms with Crippen LogP contribution in [0, 0.1) is 0 Å².